The second-order valence-electron chi connectivity index (χ2n) is 5.61. The second kappa shape index (κ2) is 8.13. The molecule has 0 unspecified atom stereocenters. The Morgan fingerprint density at radius 2 is 1.89 bits per heavy atom. The number of H-pyrrole nitrogens is 1. The van der Waals surface area contributed by atoms with Crippen LogP contribution in [0.4, 0.5) is 0 Å². The molecule has 8 nitrogen and oxygen atoms in total. The van der Waals surface area contributed by atoms with E-state index in [0.29, 0.717) is 28.5 Å². The quantitative estimate of drug-likeness (QED) is 0.516. The summed E-state index contributed by atoms with van der Waals surface area (Å²) in [6.07, 6.45) is 3.33. The van der Waals surface area contributed by atoms with Crippen LogP contribution in [0.25, 0.3) is 11.3 Å². The van der Waals surface area contributed by atoms with Crippen molar-refractivity contribution in [2.24, 2.45) is 5.10 Å². The molecule has 0 aliphatic heterocycles. The third kappa shape index (κ3) is 4.12. The Bertz CT molecular complexity index is 966. The number of nitrogens with zero attached hydrogens (tertiary/aromatic N) is 3. The molecular weight excluding hydrogens is 346 g/mol. The predicted molar refractivity (Wildman–Crippen MR) is 101 cm³/mol. The SMILES string of the molecule is COc1ccc(OC)c(-c2cc(C(=O)NN=C(C)c3ccncc3)[nH]n2)c1. The van der Waals surface area contributed by atoms with Gasteiger partial charge in [-0.3, -0.25) is 14.9 Å². The first-order valence-electron chi connectivity index (χ1n) is 8.15. The third-order valence-electron chi connectivity index (χ3n) is 3.93. The van der Waals surface area contributed by atoms with Gasteiger partial charge in [-0.15, -0.1) is 0 Å². The Hall–Kier alpha value is -3.68. The zero-order chi connectivity index (χ0) is 19.2. The molecule has 0 fully saturated rings. The van der Waals surface area contributed by atoms with Gasteiger partial charge in [0.1, 0.15) is 17.2 Å². The summed E-state index contributed by atoms with van der Waals surface area (Å²) < 4.78 is 10.6. The van der Waals surface area contributed by atoms with Gasteiger partial charge in [0.25, 0.3) is 5.91 Å². The van der Waals surface area contributed by atoms with Gasteiger partial charge in [0.05, 0.1) is 25.6 Å². The predicted octanol–water partition coefficient (Wildman–Crippen LogP) is 2.64. The van der Waals surface area contributed by atoms with Crippen molar-refractivity contribution >= 4 is 11.6 Å². The van der Waals surface area contributed by atoms with Crippen molar-refractivity contribution in [1.82, 2.24) is 20.6 Å². The Morgan fingerprint density at radius 1 is 1.11 bits per heavy atom. The van der Waals surface area contributed by atoms with E-state index in [2.05, 4.69) is 25.7 Å². The Kier molecular flexibility index (Phi) is 5.46. The molecule has 0 saturated carbocycles. The third-order valence-corrected chi connectivity index (χ3v) is 3.93. The van der Waals surface area contributed by atoms with Gasteiger partial charge < -0.3 is 9.47 Å². The number of pyridine rings is 1. The highest BCUT2D eigenvalue weighted by atomic mass is 16.5. The van der Waals surface area contributed by atoms with Crippen LogP contribution in [-0.4, -0.2) is 41.0 Å². The molecule has 8 heteroatoms. The van der Waals surface area contributed by atoms with Crippen molar-refractivity contribution in [3.05, 3.63) is 60.0 Å². The van der Waals surface area contributed by atoms with Crippen LogP contribution in [0.1, 0.15) is 23.0 Å². The fourth-order valence-electron chi connectivity index (χ4n) is 2.44. The molecule has 0 spiro atoms. The minimum absolute atomic E-state index is 0.279. The van der Waals surface area contributed by atoms with E-state index in [1.54, 1.807) is 57.8 Å². The fraction of sp³-hybridized carbons (Fsp3) is 0.158. The van der Waals surface area contributed by atoms with Crippen molar-refractivity contribution in [2.75, 3.05) is 14.2 Å². The van der Waals surface area contributed by atoms with E-state index in [1.807, 2.05) is 12.1 Å². The lowest BCUT2D eigenvalue weighted by Crippen LogP contribution is -2.19. The molecule has 0 aliphatic carbocycles. The molecule has 1 amide bonds. The lowest BCUT2D eigenvalue weighted by molar-refractivity contribution is 0.0950. The molecule has 0 radical (unpaired) electrons. The normalized spacial score (nSPS) is 11.1. The molecule has 0 atom stereocenters. The van der Waals surface area contributed by atoms with E-state index >= 15 is 0 Å². The molecule has 1 aromatic carbocycles. The smallest absolute Gasteiger partial charge is 0.289 e. The number of methoxy groups -OCH3 is 2. The van der Waals surface area contributed by atoms with E-state index in [0.717, 1.165) is 5.56 Å². The van der Waals surface area contributed by atoms with E-state index in [1.165, 1.54) is 0 Å². The number of carbonyl (C=O) groups excluding carboxylic acids is 1. The molecular formula is C19H19N5O3. The Morgan fingerprint density at radius 3 is 2.59 bits per heavy atom. The standard InChI is InChI=1S/C19H19N5O3/c1-12(13-6-8-20-9-7-13)21-24-19(25)17-11-16(22-23-17)15-10-14(26-2)4-5-18(15)27-3/h4-11H,1-3H3,(H,22,23)(H,24,25). The minimum Gasteiger partial charge on any atom is -0.497 e. The zero-order valence-corrected chi connectivity index (χ0v) is 15.2. The number of nitrogens with one attached hydrogen (secondary N) is 2. The van der Waals surface area contributed by atoms with Gasteiger partial charge in [0.15, 0.2) is 0 Å². The monoisotopic (exact) mass is 365 g/mol. The summed E-state index contributed by atoms with van der Waals surface area (Å²) in [6.45, 7) is 1.80. The maximum atomic E-state index is 12.3. The molecule has 27 heavy (non-hydrogen) atoms. The summed E-state index contributed by atoms with van der Waals surface area (Å²) in [5.41, 5.74) is 5.60. The topological polar surface area (TPSA) is 101 Å². The summed E-state index contributed by atoms with van der Waals surface area (Å²) in [4.78, 5) is 16.3. The Balaban J connectivity index is 1.79. The van der Waals surface area contributed by atoms with Crippen LogP contribution >= 0.6 is 0 Å². The first-order chi connectivity index (χ1) is 13.1. The highest BCUT2D eigenvalue weighted by Gasteiger charge is 2.15. The van der Waals surface area contributed by atoms with Crippen LogP contribution in [0.5, 0.6) is 11.5 Å². The maximum Gasteiger partial charge on any atom is 0.289 e. The van der Waals surface area contributed by atoms with Gasteiger partial charge >= 0.3 is 0 Å². The summed E-state index contributed by atoms with van der Waals surface area (Å²) in [7, 11) is 3.15. The highest BCUT2D eigenvalue weighted by Crippen LogP contribution is 2.32. The average molecular weight is 365 g/mol. The number of amides is 1. The van der Waals surface area contributed by atoms with E-state index < -0.39 is 5.91 Å². The van der Waals surface area contributed by atoms with Crippen molar-refractivity contribution in [3.8, 4) is 22.8 Å². The molecule has 2 N–H and O–H groups in total. The molecule has 0 bridgehead atoms. The van der Waals surface area contributed by atoms with Crippen LogP contribution < -0.4 is 14.9 Å². The lowest BCUT2D eigenvalue weighted by atomic mass is 10.1. The first-order valence-corrected chi connectivity index (χ1v) is 8.15. The van der Waals surface area contributed by atoms with Gasteiger partial charge in [-0.1, -0.05) is 0 Å². The Labute approximate surface area is 156 Å². The molecule has 2 aromatic heterocycles. The number of hydrogen-bond donors (Lipinski definition) is 2. The summed E-state index contributed by atoms with van der Waals surface area (Å²) in [5, 5.41) is 11.0. The lowest BCUT2D eigenvalue weighted by Gasteiger charge is -2.08. The largest absolute Gasteiger partial charge is 0.497 e. The molecule has 138 valence electrons. The molecule has 3 aromatic rings. The van der Waals surface area contributed by atoms with Gasteiger partial charge in [-0.25, -0.2) is 5.43 Å². The van der Waals surface area contributed by atoms with Crippen LogP contribution in [0.2, 0.25) is 0 Å². The number of hydrogen-bond acceptors (Lipinski definition) is 6. The number of benzene rings is 1. The second-order valence-corrected chi connectivity index (χ2v) is 5.61. The van der Waals surface area contributed by atoms with E-state index in [-0.39, 0.29) is 5.69 Å². The summed E-state index contributed by atoms with van der Waals surface area (Å²) >= 11 is 0. The van der Waals surface area contributed by atoms with Crippen LogP contribution in [0.3, 0.4) is 0 Å². The number of aromatic amines is 1. The van der Waals surface area contributed by atoms with Gasteiger partial charge in [-0.2, -0.15) is 10.2 Å². The van der Waals surface area contributed by atoms with Gasteiger partial charge in [0.2, 0.25) is 0 Å². The molecule has 2 heterocycles. The van der Waals surface area contributed by atoms with Crippen LogP contribution in [0, 0.1) is 0 Å². The number of hydrazone groups is 1. The molecule has 0 saturated heterocycles. The summed E-state index contributed by atoms with van der Waals surface area (Å²) in [5.74, 6) is 0.891. The van der Waals surface area contributed by atoms with E-state index in [9.17, 15) is 4.79 Å². The van der Waals surface area contributed by atoms with Crippen LogP contribution in [-0.2, 0) is 0 Å². The van der Waals surface area contributed by atoms with Crippen molar-refractivity contribution in [3.63, 3.8) is 0 Å². The molecule has 0 aliphatic rings. The van der Waals surface area contributed by atoms with Gasteiger partial charge in [0, 0.05) is 23.5 Å². The van der Waals surface area contributed by atoms with E-state index in [4.69, 9.17) is 9.47 Å². The van der Waals surface area contributed by atoms with Gasteiger partial charge in [-0.05, 0) is 43.3 Å². The summed E-state index contributed by atoms with van der Waals surface area (Å²) in [6, 6.07) is 10.6. The maximum absolute atomic E-state index is 12.3. The first kappa shape index (κ1) is 18.1. The van der Waals surface area contributed by atoms with Crippen molar-refractivity contribution < 1.29 is 14.3 Å². The fourth-order valence-corrected chi connectivity index (χ4v) is 2.44. The number of aromatic nitrogens is 3. The van der Waals surface area contributed by atoms with Crippen LogP contribution in [0.15, 0.2) is 53.9 Å². The minimum atomic E-state index is -0.399. The zero-order valence-electron chi connectivity index (χ0n) is 15.2. The number of carbonyl (C=O) groups is 1. The number of ether oxygens (including phenoxy) is 2. The van der Waals surface area contributed by atoms with Crippen molar-refractivity contribution in [2.45, 2.75) is 6.92 Å². The number of rotatable bonds is 6. The molecule has 3 rings (SSSR count). The highest BCUT2D eigenvalue weighted by molar-refractivity contribution is 6.00. The van der Waals surface area contributed by atoms with Crippen molar-refractivity contribution in [1.29, 1.82) is 0 Å². The average Bonchev–Trinajstić information content (AvgIpc) is 3.22.